The van der Waals surface area contributed by atoms with E-state index in [2.05, 4.69) is 10.3 Å². The predicted molar refractivity (Wildman–Crippen MR) is 68.4 cm³/mol. The molecule has 2 heterocycles. The molecule has 1 N–H and O–H groups in total. The summed E-state index contributed by atoms with van der Waals surface area (Å²) in [6, 6.07) is -0.246. The summed E-state index contributed by atoms with van der Waals surface area (Å²) < 4.78 is 2.00. The second-order valence-corrected chi connectivity index (χ2v) is 5.32. The first-order valence-electron chi connectivity index (χ1n) is 6.74. The van der Waals surface area contributed by atoms with Crippen LogP contribution in [-0.2, 0) is 11.3 Å². The van der Waals surface area contributed by atoms with Gasteiger partial charge in [0.15, 0.2) is 0 Å². The molecule has 2 fully saturated rings. The lowest BCUT2D eigenvalue weighted by Gasteiger charge is -2.31. The van der Waals surface area contributed by atoms with Gasteiger partial charge >= 0.3 is 6.03 Å². The number of aromatic nitrogens is 2. The van der Waals surface area contributed by atoms with E-state index in [9.17, 15) is 9.59 Å². The molecule has 102 valence electrons. The van der Waals surface area contributed by atoms with Gasteiger partial charge < -0.3 is 9.47 Å². The summed E-state index contributed by atoms with van der Waals surface area (Å²) in [5.41, 5.74) is -0.578. The van der Waals surface area contributed by atoms with Gasteiger partial charge in [-0.3, -0.25) is 10.1 Å². The highest BCUT2D eigenvalue weighted by molar-refractivity contribution is 6.07. The second-order valence-electron chi connectivity index (χ2n) is 5.32. The molecule has 0 unspecified atom stereocenters. The minimum absolute atomic E-state index is 0.114. The van der Waals surface area contributed by atoms with Gasteiger partial charge in [0.25, 0.3) is 5.91 Å². The SMILES string of the molecule is Cc1nccn1CCN1C(=O)NC(=O)C12CCCC2. The first-order chi connectivity index (χ1) is 9.13. The third-order valence-corrected chi connectivity index (χ3v) is 4.32. The van der Waals surface area contributed by atoms with Crippen molar-refractivity contribution in [3.8, 4) is 0 Å². The van der Waals surface area contributed by atoms with E-state index in [1.165, 1.54) is 0 Å². The number of hydrogen-bond donors (Lipinski definition) is 1. The minimum atomic E-state index is -0.578. The van der Waals surface area contributed by atoms with Crippen molar-refractivity contribution in [2.75, 3.05) is 6.54 Å². The summed E-state index contributed by atoms with van der Waals surface area (Å²) in [6.45, 7) is 3.16. The largest absolute Gasteiger partial charge is 0.333 e. The molecule has 1 saturated carbocycles. The van der Waals surface area contributed by atoms with Crippen LogP contribution in [0.2, 0.25) is 0 Å². The molecule has 0 bridgehead atoms. The summed E-state index contributed by atoms with van der Waals surface area (Å²) >= 11 is 0. The van der Waals surface area contributed by atoms with Crippen LogP contribution < -0.4 is 5.32 Å². The standard InChI is InChI=1S/C13H18N4O2/c1-10-14-6-7-16(10)8-9-17-12(19)15-11(18)13(17)4-2-3-5-13/h6-7H,2-5,8-9H2,1H3,(H,15,18,19). The summed E-state index contributed by atoms with van der Waals surface area (Å²) in [5.74, 6) is 0.809. The van der Waals surface area contributed by atoms with Crippen molar-refractivity contribution in [1.29, 1.82) is 0 Å². The van der Waals surface area contributed by atoms with Gasteiger partial charge in [-0.15, -0.1) is 0 Å². The maximum atomic E-state index is 12.1. The van der Waals surface area contributed by atoms with Crippen LogP contribution in [0, 0.1) is 6.92 Å². The molecular weight excluding hydrogens is 244 g/mol. The van der Waals surface area contributed by atoms with Gasteiger partial charge in [0.2, 0.25) is 0 Å². The number of carbonyl (C=O) groups is 2. The Morgan fingerprint density at radius 1 is 1.32 bits per heavy atom. The number of imide groups is 1. The van der Waals surface area contributed by atoms with Gasteiger partial charge in [0.1, 0.15) is 11.4 Å². The lowest BCUT2D eigenvalue weighted by molar-refractivity contribution is -0.126. The highest BCUT2D eigenvalue weighted by Gasteiger charge is 2.53. The average Bonchev–Trinajstić information content (AvgIpc) is 3.04. The van der Waals surface area contributed by atoms with Crippen molar-refractivity contribution in [3.05, 3.63) is 18.2 Å². The zero-order valence-corrected chi connectivity index (χ0v) is 11.1. The van der Waals surface area contributed by atoms with Crippen LogP contribution in [0.3, 0.4) is 0 Å². The third-order valence-electron chi connectivity index (χ3n) is 4.32. The molecule has 3 amide bonds. The summed E-state index contributed by atoms with van der Waals surface area (Å²) in [4.78, 5) is 29.9. The number of carbonyl (C=O) groups excluding carboxylic acids is 2. The molecule has 6 heteroatoms. The van der Waals surface area contributed by atoms with Crippen molar-refractivity contribution in [1.82, 2.24) is 19.8 Å². The number of nitrogens with one attached hydrogen (secondary N) is 1. The van der Waals surface area contributed by atoms with Crippen molar-refractivity contribution in [2.45, 2.75) is 44.7 Å². The maximum absolute atomic E-state index is 12.1. The predicted octanol–water partition coefficient (Wildman–Crippen LogP) is 1.06. The Labute approximate surface area is 111 Å². The maximum Gasteiger partial charge on any atom is 0.325 e. The zero-order valence-electron chi connectivity index (χ0n) is 11.1. The molecule has 0 atom stereocenters. The van der Waals surface area contributed by atoms with Crippen LogP contribution in [0.15, 0.2) is 12.4 Å². The third kappa shape index (κ3) is 1.82. The Hall–Kier alpha value is -1.85. The van der Waals surface area contributed by atoms with E-state index < -0.39 is 5.54 Å². The first kappa shape index (κ1) is 12.2. The molecule has 1 saturated heterocycles. The molecule has 19 heavy (non-hydrogen) atoms. The van der Waals surface area contributed by atoms with E-state index in [0.717, 1.165) is 31.5 Å². The smallest absolute Gasteiger partial charge is 0.325 e. The number of urea groups is 1. The lowest BCUT2D eigenvalue weighted by Crippen LogP contribution is -2.48. The van der Waals surface area contributed by atoms with Crippen molar-refractivity contribution < 1.29 is 9.59 Å². The van der Waals surface area contributed by atoms with Gasteiger partial charge in [-0.05, 0) is 19.8 Å². The highest BCUT2D eigenvalue weighted by atomic mass is 16.2. The Morgan fingerprint density at radius 2 is 2.05 bits per heavy atom. The molecule has 0 aromatic carbocycles. The highest BCUT2D eigenvalue weighted by Crippen LogP contribution is 2.38. The fraction of sp³-hybridized carbons (Fsp3) is 0.615. The van der Waals surface area contributed by atoms with Crippen molar-refractivity contribution >= 4 is 11.9 Å². The van der Waals surface area contributed by atoms with Gasteiger partial charge in [-0.25, -0.2) is 9.78 Å². The number of aryl methyl sites for hydroxylation is 1. The Kier molecular flexibility index (Phi) is 2.80. The lowest BCUT2D eigenvalue weighted by atomic mass is 9.96. The van der Waals surface area contributed by atoms with Crippen molar-refractivity contribution in [2.24, 2.45) is 0 Å². The summed E-state index contributed by atoms with van der Waals surface area (Å²) in [6.07, 6.45) is 7.24. The monoisotopic (exact) mass is 262 g/mol. The van der Waals surface area contributed by atoms with Crippen LogP contribution in [0.4, 0.5) is 4.79 Å². The summed E-state index contributed by atoms with van der Waals surface area (Å²) in [7, 11) is 0. The number of rotatable bonds is 3. The Balaban J connectivity index is 1.77. The molecule has 3 rings (SSSR count). The van der Waals surface area contributed by atoms with Gasteiger partial charge in [-0.2, -0.15) is 0 Å². The topological polar surface area (TPSA) is 67.2 Å². The molecule has 1 aliphatic heterocycles. The normalized spacial score (nSPS) is 21.4. The molecule has 2 aliphatic rings. The molecule has 6 nitrogen and oxygen atoms in total. The van der Waals surface area contributed by atoms with Gasteiger partial charge in [0.05, 0.1) is 0 Å². The average molecular weight is 262 g/mol. The fourth-order valence-electron chi connectivity index (χ4n) is 3.22. The molecule has 1 spiro atoms. The second kappa shape index (κ2) is 4.36. The molecule has 1 aromatic rings. The Bertz CT molecular complexity index is 516. The Morgan fingerprint density at radius 3 is 2.68 bits per heavy atom. The molecule has 1 aromatic heterocycles. The molecular formula is C13H18N4O2. The van der Waals surface area contributed by atoms with Crippen LogP contribution >= 0.6 is 0 Å². The number of imidazole rings is 1. The molecule has 1 aliphatic carbocycles. The van der Waals surface area contributed by atoms with Crippen molar-refractivity contribution in [3.63, 3.8) is 0 Å². The first-order valence-corrected chi connectivity index (χ1v) is 6.74. The summed E-state index contributed by atoms with van der Waals surface area (Å²) in [5, 5.41) is 2.47. The van der Waals surface area contributed by atoms with E-state index in [1.807, 2.05) is 17.7 Å². The van der Waals surface area contributed by atoms with Crippen LogP contribution in [0.25, 0.3) is 0 Å². The minimum Gasteiger partial charge on any atom is -0.333 e. The number of hydrogen-bond acceptors (Lipinski definition) is 3. The van der Waals surface area contributed by atoms with Crippen LogP contribution in [0.5, 0.6) is 0 Å². The number of nitrogens with zero attached hydrogens (tertiary/aromatic N) is 3. The number of amides is 3. The van der Waals surface area contributed by atoms with E-state index in [4.69, 9.17) is 0 Å². The van der Waals surface area contributed by atoms with E-state index in [1.54, 1.807) is 11.1 Å². The van der Waals surface area contributed by atoms with Crippen LogP contribution in [0.1, 0.15) is 31.5 Å². The van der Waals surface area contributed by atoms with E-state index >= 15 is 0 Å². The van der Waals surface area contributed by atoms with Crippen LogP contribution in [-0.4, -0.2) is 38.5 Å². The van der Waals surface area contributed by atoms with Gasteiger partial charge in [0, 0.05) is 25.5 Å². The zero-order chi connectivity index (χ0) is 13.5. The molecule has 0 radical (unpaired) electrons. The van der Waals surface area contributed by atoms with E-state index in [-0.39, 0.29) is 11.9 Å². The fourth-order valence-corrected chi connectivity index (χ4v) is 3.22. The quantitative estimate of drug-likeness (QED) is 0.828. The van der Waals surface area contributed by atoms with Gasteiger partial charge in [-0.1, -0.05) is 12.8 Å². The van der Waals surface area contributed by atoms with E-state index in [0.29, 0.717) is 13.1 Å².